The van der Waals surface area contributed by atoms with Crippen molar-refractivity contribution in [3.63, 3.8) is 0 Å². The largest absolute Gasteiger partial charge is 0.477 e. The summed E-state index contributed by atoms with van der Waals surface area (Å²) in [6.07, 6.45) is 3.56. The van der Waals surface area contributed by atoms with Crippen LogP contribution in [0.5, 0.6) is 5.88 Å². The Kier molecular flexibility index (Phi) is 4.42. The zero-order valence-electron chi connectivity index (χ0n) is 11.8. The molecule has 1 aliphatic heterocycles. The lowest BCUT2D eigenvalue weighted by molar-refractivity contribution is 0.222. The first-order valence-electron chi connectivity index (χ1n) is 6.67. The van der Waals surface area contributed by atoms with E-state index in [1.807, 2.05) is 14.0 Å². The molecule has 2 N–H and O–H groups in total. The number of aromatic nitrogens is 2. The summed E-state index contributed by atoms with van der Waals surface area (Å²) < 4.78 is 7.58. The van der Waals surface area contributed by atoms with Gasteiger partial charge in [0.25, 0.3) is 0 Å². The lowest BCUT2D eigenvalue weighted by atomic mass is 10.1. The molecule has 5 nitrogen and oxygen atoms in total. The van der Waals surface area contributed by atoms with Crippen molar-refractivity contribution in [1.29, 1.82) is 0 Å². The van der Waals surface area contributed by atoms with Crippen LogP contribution in [0.25, 0.3) is 0 Å². The molecule has 1 aromatic rings. The Balaban J connectivity index is 1.97. The minimum absolute atomic E-state index is 0.346. The zero-order valence-corrected chi connectivity index (χ0v) is 12.7. The monoisotopic (exact) mass is 282 g/mol. The molecule has 0 bridgehead atoms. The quantitative estimate of drug-likeness (QED) is 0.823. The highest BCUT2D eigenvalue weighted by Gasteiger charge is 2.22. The van der Waals surface area contributed by atoms with Crippen LogP contribution in [-0.4, -0.2) is 45.9 Å². The number of nitrogens with two attached hydrogens (primary N) is 1. The van der Waals surface area contributed by atoms with Crippen LogP contribution >= 0.6 is 12.2 Å². The van der Waals surface area contributed by atoms with Gasteiger partial charge in [0, 0.05) is 13.1 Å². The van der Waals surface area contributed by atoms with E-state index >= 15 is 0 Å². The third kappa shape index (κ3) is 3.06. The third-order valence-corrected chi connectivity index (χ3v) is 3.98. The molecule has 0 saturated carbocycles. The number of thiocarbonyl (C=S) groups is 1. The van der Waals surface area contributed by atoms with Gasteiger partial charge in [-0.3, -0.25) is 0 Å². The van der Waals surface area contributed by atoms with E-state index in [9.17, 15) is 0 Å². The van der Waals surface area contributed by atoms with Gasteiger partial charge in [-0.1, -0.05) is 12.2 Å². The molecular formula is C13H22N4OS. The molecule has 6 heteroatoms. The van der Waals surface area contributed by atoms with Crippen LogP contribution in [0.4, 0.5) is 0 Å². The molecule has 2 heterocycles. The fraction of sp³-hybridized carbons (Fsp3) is 0.692. The van der Waals surface area contributed by atoms with Gasteiger partial charge in [-0.2, -0.15) is 5.10 Å². The summed E-state index contributed by atoms with van der Waals surface area (Å²) in [5.74, 6) is 0.686. The highest BCUT2D eigenvalue weighted by atomic mass is 32.1. The summed E-state index contributed by atoms with van der Waals surface area (Å²) >= 11 is 5.06. The van der Waals surface area contributed by atoms with Gasteiger partial charge >= 0.3 is 0 Å². The molecule has 0 aliphatic carbocycles. The van der Waals surface area contributed by atoms with E-state index in [1.165, 1.54) is 19.4 Å². The molecule has 2 rings (SSSR count). The van der Waals surface area contributed by atoms with E-state index in [0.717, 1.165) is 17.7 Å². The number of aryl methyl sites for hydroxylation is 2. The minimum atomic E-state index is 0.346. The van der Waals surface area contributed by atoms with Crippen LogP contribution < -0.4 is 10.5 Å². The van der Waals surface area contributed by atoms with Gasteiger partial charge in [0.15, 0.2) is 0 Å². The van der Waals surface area contributed by atoms with Gasteiger partial charge in [-0.25, -0.2) is 4.68 Å². The number of hydrogen-bond acceptors (Lipinski definition) is 4. The summed E-state index contributed by atoms with van der Waals surface area (Å²) in [4.78, 5) is 2.74. The molecule has 0 radical (unpaired) electrons. The van der Waals surface area contributed by atoms with Crippen LogP contribution in [0, 0.1) is 6.92 Å². The minimum Gasteiger partial charge on any atom is -0.477 e. The van der Waals surface area contributed by atoms with Gasteiger partial charge in [0.1, 0.15) is 4.99 Å². The van der Waals surface area contributed by atoms with Gasteiger partial charge in [-0.05, 0) is 39.8 Å². The highest BCUT2D eigenvalue weighted by molar-refractivity contribution is 7.80. The van der Waals surface area contributed by atoms with E-state index in [1.54, 1.807) is 4.68 Å². The van der Waals surface area contributed by atoms with Gasteiger partial charge in [0.2, 0.25) is 5.88 Å². The third-order valence-electron chi connectivity index (χ3n) is 3.78. The Bertz CT molecular complexity index is 471. The fourth-order valence-corrected chi connectivity index (χ4v) is 2.96. The van der Waals surface area contributed by atoms with Crippen LogP contribution in [0.1, 0.15) is 30.5 Å². The maximum absolute atomic E-state index is 5.87. The number of rotatable bonds is 5. The van der Waals surface area contributed by atoms with E-state index in [4.69, 9.17) is 22.7 Å². The molecule has 0 spiro atoms. The normalized spacial score (nSPS) is 19.8. The molecular weight excluding hydrogens is 260 g/mol. The molecule has 1 fully saturated rings. The number of ether oxygens (including phenoxy) is 1. The topological polar surface area (TPSA) is 56.3 Å². The molecule has 1 saturated heterocycles. The van der Waals surface area contributed by atoms with Crippen molar-refractivity contribution >= 4 is 17.2 Å². The highest BCUT2D eigenvalue weighted by Crippen LogP contribution is 2.23. The number of likely N-dealkylation sites (tertiary alicyclic amines) is 1. The van der Waals surface area contributed by atoms with Crippen LogP contribution in [0.2, 0.25) is 0 Å². The summed E-state index contributed by atoms with van der Waals surface area (Å²) in [7, 11) is 4.03. The molecule has 0 amide bonds. The standard InChI is InChI=1S/C13H22N4OS/c1-9-11(12(14)19)13(17(3)15-9)18-8-6-10-5-4-7-16(10)2/h10H,4-8H2,1-3H3,(H2,14,19). The molecule has 1 atom stereocenters. The second-order valence-electron chi connectivity index (χ2n) is 5.17. The smallest absolute Gasteiger partial charge is 0.222 e. The van der Waals surface area contributed by atoms with Gasteiger partial charge < -0.3 is 15.4 Å². The average Bonchev–Trinajstić information content (AvgIpc) is 2.84. The number of nitrogens with zero attached hydrogens (tertiary/aromatic N) is 3. The van der Waals surface area contributed by atoms with Gasteiger partial charge in [0.05, 0.1) is 17.9 Å². The fourth-order valence-electron chi connectivity index (χ4n) is 2.72. The second kappa shape index (κ2) is 5.88. The van der Waals surface area contributed by atoms with E-state index in [0.29, 0.717) is 23.5 Å². The van der Waals surface area contributed by atoms with Crippen molar-refractivity contribution < 1.29 is 4.74 Å². The molecule has 1 aromatic heterocycles. The SMILES string of the molecule is Cc1nn(C)c(OCCC2CCCN2C)c1C(N)=S. The Morgan fingerprint density at radius 3 is 2.84 bits per heavy atom. The Morgan fingerprint density at radius 1 is 1.53 bits per heavy atom. The molecule has 1 aliphatic rings. The predicted molar refractivity (Wildman–Crippen MR) is 79.6 cm³/mol. The average molecular weight is 282 g/mol. The van der Waals surface area contributed by atoms with Gasteiger partial charge in [-0.15, -0.1) is 0 Å². The first-order chi connectivity index (χ1) is 9.00. The zero-order chi connectivity index (χ0) is 14.0. The Labute approximate surface area is 119 Å². The first kappa shape index (κ1) is 14.3. The maximum Gasteiger partial charge on any atom is 0.222 e. The van der Waals surface area contributed by atoms with Crippen molar-refractivity contribution in [2.24, 2.45) is 12.8 Å². The molecule has 1 unspecified atom stereocenters. The second-order valence-corrected chi connectivity index (χ2v) is 5.61. The summed E-state index contributed by atoms with van der Waals surface area (Å²) in [5, 5.41) is 4.31. The van der Waals surface area contributed by atoms with Crippen molar-refractivity contribution in [2.45, 2.75) is 32.2 Å². The van der Waals surface area contributed by atoms with Crippen LogP contribution in [0.15, 0.2) is 0 Å². The van der Waals surface area contributed by atoms with Crippen molar-refractivity contribution in [2.75, 3.05) is 20.2 Å². The molecule has 0 aromatic carbocycles. The molecule has 19 heavy (non-hydrogen) atoms. The van der Waals surface area contributed by atoms with E-state index in [-0.39, 0.29) is 0 Å². The van der Waals surface area contributed by atoms with Crippen LogP contribution in [-0.2, 0) is 7.05 Å². The van der Waals surface area contributed by atoms with Crippen LogP contribution in [0.3, 0.4) is 0 Å². The number of hydrogen-bond donors (Lipinski definition) is 1. The molecule has 106 valence electrons. The first-order valence-corrected chi connectivity index (χ1v) is 7.08. The predicted octanol–water partition coefficient (Wildman–Crippen LogP) is 1.23. The van der Waals surface area contributed by atoms with E-state index < -0.39 is 0 Å². The Morgan fingerprint density at radius 2 is 2.26 bits per heavy atom. The van der Waals surface area contributed by atoms with Crippen molar-refractivity contribution in [1.82, 2.24) is 14.7 Å². The maximum atomic E-state index is 5.87. The van der Waals surface area contributed by atoms with Crippen molar-refractivity contribution in [3.8, 4) is 5.88 Å². The lowest BCUT2D eigenvalue weighted by Crippen LogP contribution is -2.26. The summed E-state index contributed by atoms with van der Waals surface area (Å²) in [6, 6.07) is 0.627. The summed E-state index contributed by atoms with van der Waals surface area (Å²) in [5.41, 5.74) is 7.32. The lowest BCUT2D eigenvalue weighted by Gasteiger charge is -2.19. The Hall–Kier alpha value is -1.14. The van der Waals surface area contributed by atoms with Crippen molar-refractivity contribution in [3.05, 3.63) is 11.3 Å². The summed E-state index contributed by atoms with van der Waals surface area (Å²) in [6.45, 7) is 3.75. The van der Waals surface area contributed by atoms with E-state index in [2.05, 4.69) is 17.0 Å².